The van der Waals surface area contributed by atoms with Gasteiger partial charge in [-0.25, -0.2) is 0 Å². The van der Waals surface area contributed by atoms with Gasteiger partial charge in [0.2, 0.25) is 0 Å². The molecule has 17 heavy (non-hydrogen) atoms. The number of amides is 1. The second-order valence-corrected chi connectivity index (χ2v) is 5.29. The lowest BCUT2D eigenvalue weighted by atomic mass is 10.1. The first-order valence-corrected chi connectivity index (χ1v) is 7.17. The highest BCUT2D eigenvalue weighted by Crippen LogP contribution is 2.17. The van der Waals surface area contributed by atoms with Crippen LogP contribution in [0.2, 0.25) is 0 Å². The summed E-state index contributed by atoms with van der Waals surface area (Å²) in [6.45, 7) is 2.95. The molecule has 0 bridgehead atoms. The number of anilines is 1. The third-order valence-corrected chi connectivity index (χ3v) is 3.96. The molecule has 1 fully saturated rings. The van der Waals surface area contributed by atoms with E-state index in [1.807, 2.05) is 36.0 Å². The second-order valence-electron chi connectivity index (χ2n) is 4.14. The molecule has 1 aromatic carbocycles. The Balaban J connectivity index is 1.93. The SMILES string of the molecule is CCNc1ccc(C(=O)NC2CCSC2)cc1. The molecule has 0 spiro atoms. The quantitative estimate of drug-likeness (QED) is 0.862. The van der Waals surface area contributed by atoms with Gasteiger partial charge in [-0.2, -0.15) is 11.8 Å². The Hall–Kier alpha value is -1.16. The van der Waals surface area contributed by atoms with Crippen molar-refractivity contribution in [2.24, 2.45) is 0 Å². The Morgan fingerprint density at radius 1 is 1.41 bits per heavy atom. The number of nitrogens with one attached hydrogen (secondary N) is 2. The Kier molecular flexibility index (Phi) is 4.31. The van der Waals surface area contributed by atoms with Gasteiger partial charge < -0.3 is 10.6 Å². The van der Waals surface area contributed by atoms with Crippen LogP contribution < -0.4 is 10.6 Å². The molecule has 1 aliphatic heterocycles. The molecule has 2 rings (SSSR count). The molecule has 1 aromatic rings. The fraction of sp³-hybridized carbons (Fsp3) is 0.462. The van der Waals surface area contributed by atoms with E-state index in [-0.39, 0.29) is 5.91 Å². The highest BCUT2D eigenvalue weighted by molar-refractivity contribution is 7.99. The van der Waals surface area contributed by atoms with Crippen molar-refractivity contribution in [3.63, 3.8) is 0 Å². The minimum atomic E-state index is 0.0422. The molecular weight excluding hydrogens is 232 g/mol. The zero-order chi connectivity index (χ0) is 12.1. The van der Waals surface area contributed by atoms with E-state index in [0.717, 1.165) is 35.7 Å². The molecule has 0 saturated carbocycles. The minimum Gasteiger partial charge on any atom is -0.385 e. The summed E-state index contributed by atoms with van der Waals surface area (Å²) in [6, 6.07) is 7.98. The van der Waals surface area contributed by atoms with Gasteiger partial charge >= 0.3 is 0 Å². The third-order valence-electron chi connectivity index (χ3n) is 2.79. The predicted molar refractivity (Wildman–Crippen MR) is 73.8 cm³/mol. The number of carbonyl (C=O) groups excluding carboxylic acids is 1. The first-order chi connectivity index (χ1) is 8.29. The fourth-order valence-electron chi connectivity index (χ4n) is 1.86. The monoisotopic (exact) mass is 250 g/mol. The van der Waals surface area contributed by atoms with Gasteiger partial charge in [-0.15, -0.1) is 0 Å². The molecule has 1 aliphatic rings. The number of carbonyl (C=O) groups is 1. The van der Waals surface area contributed by atoms with E-state index in [2.05, 4.69) is 17.6 Å². The van der Waals surface area contributed by atoms with E-state index in [4.69, 9.17) is 0 Å². The van der Waals surface area contributed by atoms with Crippen molar-refractivity contribution in [2.45, 2.75) is 19.4 Å². The van der Waals surface area contributed by atoms with Crippen molar-refractivity contribution in [2.75, 3.05) is 23.4 Å². The van der Waals surface area contributed by atoms with Crippen molar-refractivity contribution in [3.8, 4) is 0 Å². The Labute approximate surface area is 106 Å². The van der Waals surface area contributed by atoms with Gasteiger partial charge in [0.15, 0.2) is 0 Å². The molecule has 92 valence electrons. The van der Waals surface area contributed by atoms with Crippen LogP contribution in [0, 0.1) is 0 Å². The molecule has 1 unspecified atom stereocenters. The summed E-state index contributed by atoms with van der Waals surface area (Å²) in [5.74, 6) is 2.24. The van der Waals surface area contributed by atoms with E-state index in [0.29, 0.717) is 6.04 Å². The molecule has 1 amide bonds. The molecule has 0 aromatic heterocycles. The summed E-state index contributed by atoms with van der Waals surface area (Å²) >= 11 is 1.90. The first kappa shape index (κ1) is 12.3. The topological polar surface area (TPSA) is 41.1 Å². The van der Waals surface area contributed by atoms with Crippen LogP contribution in [-0.4, -0.2) is 30.0 Å². The van der Waals surface area contributed by atoms with E-state index in [9.17, 15) is 4.79 Å². The predicted octanol–water partition coefficient (Wildman–Crippen LogP) is 2.35. The number of hydrogen-bond acceptors (Lipinski definition) is 3. The highest BCUT2D eigenvalue weighted by atomic mass is 32.2. The standard InChI is InChI=1S/C13H18N2OS/c1-2-14-11-5-3-10(4-6-11)13(16)15-12-7-8-17-9-12/h3-6,12,14H,2,7-9H2,1H3,(H,15,16). The average Bonchev–Trinajstić information content (AvgIpc) is 2.83. The summed E-state index contributed by atoms with van der Waals surface area (Å²) in [6.07, 6.45) is 1.09. The van der Waals surface area contributed by atoms with Crippen LogP contribution in [0.1, 0.15) is 23.7 Å². The van der Waals surface area contributed by atoms with Crippen LogP contribution in [0.25, 0.3) is 0 Å². The lowest BCUT2D eigenvalue weighted by molar-refractivity contribution is 0.0941. The molecule has 0 radical (unpaired) electrons. The van der Waals surface area contributed by atoms with Crippen molar-refractivity contribution < 1.29 is 4.79 Å². The zero-order valence-electron chi connectivity index (χ0n) is 10.0. The largest absolute Gasteiger partial charge is 0.385 e. The van der Waals surface area contributed by atoms with Crippen molar-refractivity contribution in [1.82, 2.24) is 5.32 Å². The molecule has 1 heterocycles. The molecule has 1 saturated heterocycles. The van der Waals surface area contributed by atoms with Gasteiger partial charge in [0.05, 0.1) is 0 Å². The molecule has 1 atom stereocenters. The van der Waals surface area contributed by atoms with Gasteiger partial charge in [0.25, 0.3) is 5.91 Å². The van der Waals surface area contributed by atoms with Crippen LogP contribution in [0.4, 0.5) is 5.69 Å². The van der Waals surface area contributed by atoms with Crippen molar-refractivity contribution in [3.05, 3.63) is 29.8 Å². The number of benzene rings is 1. The van der Waals surface area contributed by atoms with E-state index in [1.54, 1.807) is 0 Å². The maximum atomic E-state index is 11.9. The fourth-order valence-corrected chi connectivity index (χ4v) is 3.01. The maximum Gasteiger partial charge on any atom is 0.251 e. The number of hydrogen-bond donors (Lipinski definition) is 2. The average molecular weight is 250 g/mol. The van der Waals surface area contributed by atoms with Gasteiger partial charge in [-0.05, 0) is 43.4 Å². The summed E-state index contributed by atoms with van der Waals surface area (Å²) in [7, 11) is 0. The van der Waals surface area contributed by atoms with Crippen LogP contribution >= 0.6 is 11.8 Å². The summed E-state index contributed by atoms with van der Waals surface area (Å²) in [5, 5.41) is 6.28. The Bertz CT molecular complexity index is 372. The summed E-state index contributed by atoms with van der Waals surface area (Å²) < 4.78 is 0. The molecular formula is C13H18N2OS. The van der Waals surface area contributed by atoms with Gasteiger partial charge in [0, 0.05) is 29.6 Å². The summed E-state index contributed by atoms with van der Waals surface area (Å²) in [5.41, 5.74) is 1.80. The van der Waals surface area contributed by atoms with Gasteiger partial charge in [-0.1, -0.05) is 0 Å². The minimum absolute atomic E-state index is 0.0422. The molecule has 3 nitrogen and oxygen atoms in total. The summed E-state index contributed by atoms with van der Waals surface area (Å²) in [4.78, 5) is 11.9. The number of thioether (sulfide) groups is 1. The first-order valence-electron chi connectivity index (χ1n) is 6.02. The zero-order valence-corrected chi connectivity index (χ0v) is 10.8. The highest BCUT2D eigenvalue weighted by Gasteiger charge is 2.18. The third kappa shape index (κ3) is 3.40. The Morgan fingerprint density at radius 2 is 2.18 bits per heavy atom. The van der Waals surface area contributed by atoms with E-state index < -0.39 is 0 Å². The van der Waals surface area contributed by atoms with Gasteiger partial charge in [0.1, 0.15) is 0 Å². The molecule has 0 aliphatic carbocycles. The van der Waals surface area contributed by atoms with Crippen LogP contribution in [0.15, 0.2) is 24.3 Å². The maximum absolute atomic E-state index is 11.9. The van der Waals surface area contributed by atoms with Crippen LogP contribution in [-0.2, 0) is 0 Å². The molecule has 4 heteroatoms. The normalized spacial score (nSPS) is 19.0. The Morgan fingerprint density at radius 3 is 2.76 bits per heavy atom. The smallest absolute Gasteiger partial charge is 0.251 e. The van der Waals surface area contributed by atoms with Crippen LogP contribution in [0.5, 0.6) is 0 Å². The lowest BCUT2D eigenvalue weighted by Crippen LogP contribution is -2.34. The van der Waals surface area contributed by atoms with Crippen molar-refractivity contribution in [1.29, 1.82) is 0 Å². The van der Waals surface area contributed by atoms with Crippen LogP contribution in [0.3, 0.4) is 0 Å². The van der Waals surface area contributed by atoms with E-state index >= 15 is 0 Å². The number of rotatable bonds is 4. The lowest BCUT2D eigenvalue weighted by Gasteiger charge is -2.11. The van der Waals surface area contributed by atoms with Gasteiger partial charge in [-0.3, -0.25) is 4.79 Å². The second kappa shape index (κ2) is 5.96. The molecule has 2 N–H and O–H groups in total. The van der Waals surface area contributed by atoms with E-state index in [1.165, 1.54) is 0 Å². The van der Waals surface area contributed by atoms with Crippen molar-refractivity contribution >= 4 is 23.4 Å².